The Morgan fingerprint density at radius 1 is 0.930 bits per heavy atom. The van der Waals surface area contributed by atoms with E-state index in [-0.39, 0.29) is 6.54 Å². The molecule has 0 saturated carbocycles. The number of nitrogens with zero attached hydrogens (tertiary/aromatic N) is 3. The van der Waals surface area contributed by atoms with Crippen LogP contribution in [0.5, 0.6) is 17.2 Å². The van der Waals surface area contributed by atoms with Gasteiger partial charge in [-0.2, -0.15) is 13.2 Å². The molecule has 228 valence electrons. The number of halogens is 4. The summed E-state index contributed by atoms with van der Waals surface area (Å²) in [5.41, 5.74) is 0.936. The van der Waals surface area contributed by atoms with Crippen molar-refractivity contribution in [2.45, 2.75) is 44.4 Å². The Hall–Kier alpha value is -3.90. The summed E-state index contributed by atoms with van der Waals surface area (Å²) in [5.74, 6) is 1.58. The van der Waals surface area contributed by atoms with E-state index in [1.54, 1.807) is 34.9 Å². The van der Waals surface area contributed by atoms with Crippen molar-refractivity contribution >= 4 is 29.3 Å². The zero-order valence-corrected chi connectivity index (χ0v) is 25.3. The van der Waals surface area contributed by atoms with Gasteiger partial charge in [-0.05, 0) is 68.8 Å². The second-order valence-corrected chi connectivity index (χ2v) is 10.4. The number of carbonyl (C=O) groups is 1. The van der Waals surface area contributed by atoms with Crippen LogP contribution in [0.1, 0.15) is 48.1 Å². The molecule has 1 amide bonds. The summed E-state index contributed by atoms with van der Waals surface area (Å²) in [6, 6.07) is 15.2. The highest BCUT2D eigenvalue weighted by Gasteiger charge is 2.30. The highest BCUT2D eigenvalue weighted by Crippen LogP contribution is 2.39. The van der Waals surface area contributed by atoms with Crippen molar-refractivity contribution in [3.05, 3.63) is 88.2 Å². The summed E-state index contributed by atoms with van der Waals surface area (Å²) in [5, 5.41) is 12.4. The van der Waals surface area contributed by atoms with Crippen LogP contribution in [0.3, 0.4) is 0 Å². The van der Waals surface area contributed by atoms with Crippen LogP contribution in [0.4, 0.5) is 13.2 Å². The Labute approximate surface area is 256 Å². The van der Waals surface area contributed by atoms with Gasteiger partial charge in [0, 0.05) is 16.3 Å². The van der Waals surface area contributed by atoms with Gasteiger partial charge in [0.2, 0.25) is 5.75 Å². The molecule has 13 heteroatoms. The maximum atomic E-state index is 13.3. The minimum atomic E-state index is -4.40. The number of rotatable bonds is 13. The lowest BCUT2D eigenvalue weighted by atomic mass is 10.1. The molecular formula is C30H30ClF3N4O4S. The largest absolute Gasteiger partial charge is 0.490 e. The molecule has 1 aromatic heterocycles. The minimum Gasteiger partial charge on any atom is -0.490 e. The molecule has 0 aliphatic rings. The average molecular weight is 635 g/mol. The van der Waals surface area contributed by atoms with Gasteiger partial charge in [-0.1, -0.05) is 41.6 Å². The molecule has 0 spiro atoms. The third-order valence-corrected chi connectivity index (χ3v) is 7.23. The highest BCUT2D eigenvalue weighted by atomic mass is 35.5. The van der Waals surface area contributed by atoms with E-state index in [0.29, 0.717) is 75.6 Å². The van der Waals surface area contributed by atoms with Gasteiger partial charge >= 0.3 is 6.18 Å². The lowest BCUT2D eigenvalue weighted by molar-refractivity contribution is -0.137. The second-order valence-electron chi connectivity index (χ2n) is 8.98. The van der Waals surface area contributed by atoms with Crippen LogP contribution >= 0.6 is 23.4 Å². The number of alkyl halides is 3. The van der Waals surface area contributed by atoms with Crippen LogP contribution in [0.25, 0.3) is 5.69 Å². The number of amides is 1. The predicted octanol–water partition coefficient (Wildman–Crippen LogP) is 7.36. The fourth-order valence-corrected chi connectivity index (χ4v) is 5.21. The van der Waals surface area contributed by atoms with Gasteiger partial charge < -0.3 is 19.5 Å². The third kappa shape index (κ3) is 8.14. The van der Waals surface area contributed by atoms with E-state index in [2.05, 4.69) is 15.5 Å². The van der Waals surface area contributed by atoms with Crippen LogP contribution < -0.4 is 19.5 Å². The fourth-order valence-electron chi connectivity index (χ4n) is 4.10. The fraction of sp³-hybridized carbons (Fsp3) is 0.300. The number of hydrogen-bond acceptors (Lipinski definition) is 7. The van der Waals surface area contributed by atoms with Crippen molar-refractivity contribution in [2.24, 2.45) is 0 Å². The minimum absolute atomic E-state index is 0.0142. The monoisotopic (exact) mass is 634 g/mol. The SMILES string of the molecule is CCOc1cc(C(=O)NCc2nnc(SCc3ccc(C(F)(F)F)cc3)n2-c2cccc(Cl)c2)cc(OCC)c1OCC. The standard InChI is InChI=1S/C30H30ClF3N4O4S/c1-4-40-24-14-20(15-25(41-5-2)27(24)42-6-3)28(39)35-17-26-36-37-29(38(26)23-9-7-8-22(31)16-23)43-18-19-10-12-21(13-11-19)30(32,33)34/h7-16H,4-6,17-18H2,1-3H3,(H,35,39). The summed E-state index contributed by atoms with van der Waals surface area (Å²) in [4.78, 5) is 13.3. The van der Waals surface area contributed by atoms with Gasteiger partial charge in [0.25, 0.3) is 5.91 Å². The maximum Gasteiger partial charge on any atom is 0.416 e. The van der Waals surface area contributed by atoms with Gasteiger partial charge in [0.1, 0.15) is 0 Å². The smallest absolute Gasteiger partial charge is 0.416 e. The second kappa shape index (κ2) is 14.5. The highest BCUT2D eigenvalue weighted by molar-refractivity contribution is 7.98. The summed E-state index contributed by atoms with van der Waals surface area (Å²) in [6.45, 7) is 6.65. The molecule has 0 fully saturated rings. The number of thioether (sulfide) groups is 1. The zero-order valence-electron chi connectivity index (χ0n) is 23.7. The van der Waals surface area contributed by atoms with E-state index in [9.17, 15) is 18.0 Å². The molecule has 1 N–H and O–H groups in total. The molecule has 0 saturated heterocycles. The van der Waals surface area contributed by atoms with E-state index in [0.717, 1.165) is 12.1 Å². The first-order valence-corrected chi connectivity index (χ1v) is 14.8. The molecular weight excluding hydrogens is 605 g/mol. The van der Waals surface area contributed by atoms with Gasteiger partial charge in [-0.25, -0.2) is 0 Å². The number of ether oxygens (including phenoxy) is 3. The molecule has 8 nitrogen and oxygen atoms in total. The van der Waals surface area contributed by atoms with Gasteiger partial charge in [0.05, 0.1) is 37.6 Å². The van der Waals surface area contributed by atoms with Crippen LogP contribution in [-0.2, 0) is 18.5 Å². The summed E-state index contributed by atoms with van der Waals surface area (Å²) in [7, 11) is 0. The van der Waals surface area contributed by atoms with Gasteiger partial charge in [-0.3, -0.25) is 9.36 Å². The molecule has 0 aliphatic heterocycles. The number of carbonyl (C=O) groups excluding carboxylic acids is 1. The number of hydrogen-bond donors (Lipinski definition) is 1. The molecule has 0 atom stereocenters. The van der Waals surface area contributed by atoms with Crippen molar-refractivity contribution in [3.63, 3.8) is 0 Å². The first-order valence-electron chi connectivity index (χ1n) is 13.5. The molecule has 1 heterocycles. The van der Waals surface area contributed by atoms with Crippen LogP contribution in [0.15, 0.2) is 65.8 Å². The Balaban J connectivity index is 1.58. The van der Waals surface area contributed by atoms with Gasteiger partial charge in [0.15, 0.2) is 22.5 Å². The first kappa shape index (κ1) is 32.0. The summed E-state index contributed by atoms with van der Waals surface area (Å²) >= 11 is 7.55. The van der Waals surface area contributed by atoms with Crippen molar-refractivity contribution in [3.8, 4) is 22.9 Å². The van der Waals surface area contributed by atoms with Crippen molar-refractivity contribution < 1.29 is 32.2 Å². The normalized spacial score (nSPS) is 11.3. The van der Waals surface area contributed by atoms with E-state index >= 15 is 0 Å². The quantitative estimate of drug-likeness (QED) is 0.154. The maximum absolute atomic E-state index is 13.3. The van der Waals surface area contributed by atoms with Crippen molar-refractivity contribution in [1.82, 2.24) is 20.1 Å². The Morgan fingerprint density at radius 2 is 1.58 bits per heavy atom. The summed E-state index contributed by atoms with van der Waals surface area (Å²) in [6.07, 6.45) is -4.40. The number of aromatic nitrogens is 3. The predicted molar refractivity (Wildman–Crippen MR) is 158 cm³/mol. The van der Waals surface area contributed by atoms with Crippen LogP contribution in [0, 0.1) is 0 Å². The van der Waals surface area contributed by atoms with Gasteiger partial charge in [-0.15, -0.1) is 10.2 Å². The number of nitrogens with one attached hydrogen (secondary N) is 1. The average Bonchev–Trinajstić information content (AvgIpc) is 3.39. The molecule has 0 bridgehead atoms. The number of benzene rings is 3. The molecule has 4 rings (SSSR count). The van der Waals surface area contributed by atoms with E-state index in [1.165, 1.54) is 23.9 Å². The lowest BCUT2D eigenvalue weighted by Crippen LogP contribution is -2.25. The van der Waals surface area contributed by atoms with Crippen molar-refractivity contribution in [1.29, 1.82) is 0 Å². The Morgan fingerprint density at radius 3 is 2.16 bits per heavy atom. The van der Waals surface area contributed by atoms with E-state index in [4.69, 9.17) is 25.8 Å². The molecule has 0 unspecified atom stereocenters. The summed E-state index contributed by atoms with van der Waals surface area (Å²) < 4.78 is 57.8. The van der Waals surface area contributed by atoms with Crippen LogP contribution in [0.2, 0.25) is 5.02 Å². The van der Waals surface area contributed by atoms with Crippen LogP contribution in [-0.4, -0.2) is 40.5 Å². The molecule has 43 heavy (non-hydrogen) atoms. The zero-order chi connectivity index (χ0) is 31.0. The van der Waals surface area contributed by atoms with E-state index in [1.807, 2.05) is 26.8 Å². The Bertz CT molecular complexity index is 1520. The molecule has 4 aromatic rings. The molecule has 0 radical (unpaired) electrons. The van der Waals surface area contributed by atoms with Crippen molar-refractivity contribution in [2.75, 3.05) is 19.8 Å². The molecule has 3 aromatic carbocycles. The third-order valence-electron chi connectivity index (χ3n) is 5.99. The lowest BCUT2D eigenvalue weighted by Gasteiger charge is -2.17. The molecule has 0 aliphatic carbocycles. The topological polar surface area (TPSA) is 87.5 Å². The van der Waals surface area contributed by atoms with E-state index < -0.39 is 17.6 Å². The Kier molecular flexibility index (Phi) is 10.8. The first-order chi connectivity index (χ1) is 20.6.